The number of rotatable bonds is 17. The van der Waals surface area contributed by atoms with Crippen molar-refractivity contribution in [2.45, 2.75) is 105 Å². The van der Waals surface area contributed by atoms with E-state index in [1.54, 1.807) is 0 Å². The second-order valence-electron chi connectivity index (χ2n) is 7.66. The smallest absolute Gasteiger partial charge is 0.306 e. The Morgan fingerprint density at radius 3 is 1.77 bits per heavy atom. The zero-order valence-corrected chi connectivity index (χ0v) is 17.7. The molecule has 0 saturated carbocycles. The van der Waals surface area contributed by atoms with Gasteiger partial charge in [0, 0.05) is 12.8 Å². The van der Waals surface area contributed by atoms with Crippen molar-refractivity contribution < 1.29 is 19.1 Å². The van der Waals surface area contributed by atoms with Gasteiger partial charge < -0.3 is 9.47 Å². The monoisotopic (exact) mass is 370 g/mol. The summed E-state index contributed by atoms with van der Waals surface area (Å²) in [7, 11) is 0. The summed E-state index contributed by atoms with van der Waals surface area (Å²) in [6.07, 6.45) is 12.1. The van der Waals surface area contributed by atoms with Crippen LogP contribution in [-0.4, -0.2) is 25.2 Å². The van der Waals surface area contributed by atoms with Gasteiger partial charge in [0.15, 0.2) is 0 Å². The highest BCUT2D eigenvalue weighted by Gasteiger charge is 2.18. The third-order valence-corrected chi connectivity index (χ3v) is 4.76. The number of hydrogen-bond donors (Lipinski definition) is 0. The first-order chi connectivity index (χ1) is 12.5. The Hall–Kier alpha value is -1.06. The minimum Gasteiger partial charge on any atom is -0.466 e. The lowest BCUT2D eigenvalue weighted by atomic mass is 9.87. The lowest BCUT2D eigenvalue weighted by Gasteiger charge is -2.20. The molecule has 1 unspecified atom stereocenters. The maximum atomic E-state index is 11.8. The second-order valence-corrected chi connectivity index (χ2v) is 7.66. The zero-order chi connectivity index (χ0) is 19.6. The molecule has 0 heterocycles. The van der Waals surface area contributed by atoms with Crippen molar-refractivity contribution in [2.75, 3.05) is 13.2 Å². The molecule has 26 heavy (non-hydrogen) atoms. The van der Waals surface area contributed by atoms with Gasteiger partial charge in [-0.15, -0.1) is 0 Å². The number of ether oxygens (including phenoxy) is 2. The average molecular weight is 371 g/mol. The molecule has 0 aliphatic rings. The van der Waals surface area contributed by atoms with Crippen molar-refractivity contribution in [3.63, 3.8) is 0 Å². The molecule has 0 radical (unpaired) electrons. The van der Waals surface area contributed by atoms with E-state index in [1.165, 1.54) is 32.1 Å². The Kier molecular flexibility index (Phi) is 16.7. The summed E-state index contributed by atoms with van der Waals surface area (Å²) >= 11 is 0. The van der Waals surface area contributed by atoms with Crippen molar-refractivity contribution in [2.24, 2.45) is 11.8 Å². The third-order valence-electron chi connectivity index (χ3n) is 4.76. The highest BCUT2D eigenvalue weighted by atomic mass is 16.5. The maximum absolute atomic E-state index is 11.8. The summed E-state index contributed by atoms with van der Waals surface area (Å²) in [4.78, 5) is 23.2. The summed E-state index contributed by atoms with van der Waals surface area (Å²) in [5, 5.41) is 0. The molecular weight excluding hydrogens is 328 g/mol. The Bertz CT molecular complexity index is 352. The Morgan fingerprint density at radius 2 is 1.23 bits per heavy atom. The fraction of sp³-hybridized carbons (Fsp3) is 0.909. The van der Waals surface area contributed by atoms with Crippen LogP contribution < -0.4 is 0 Å². The quantitative estimate of drug-likeness (QED) is 0.230. The molecule has 0 aromatic carbocycles. The van der Waals surface area contributed by atoms with Crippen molar-refractivity contribution in [3.8, 4) is 0 Å². The van der Waals surface area contributed by atoms with Gasteiger partial charge in [-0.1, -0.05) is 66.2 Å². The summed E-state index contributed by atoms with van der Waals surface area (Å²) in [6.45, 7) is 9.51. The molecular formula is C22H42O4. The first-order valence-electron chi connectivity index (χ1n) is 10.8. The molecule has 4 nitrogen and oxygen atoms in total. The second kappa shape index (κ2) is 17.4. The van der Waals surface area contributed by atoms with E-state index in [2.05, 4.69) is 13.8 Å². The highest BCUT2D eigenvalue weighted by Crippen LogP contribution is 2.23. The molecule has 0 aromatic heterocycles. The van der Waals surface area contributed by atoms with Gasteiger partial charge in [-0.3, -0.25) is 9.59 Å². The van der Waals surface area contributed by atoms with E-state index in [0.29, 0.717) is 37.9 Å². The molecule has 0 amide bonds. The van der Waals surface area contributed by atoms with Crippen LogP contribution in [0.1, 0.15) is 105 Å². The number of carbonyl (C=O) groups excluding carboxylic acids is 2. The summed E-state index contributed by atoms with van der Waals surface area (Å²) in [6, 6.07) is 0. The molecule has 154 valence electrons. The van der Waals surface area contributed by atoms with Gasteiger partial charge in [-0.2, -0.15) is 0 Å². The SMILES string of the molecule is CCCOC(=O)CCCCCCCCCC(CC(=O)OCCC)C(C)C. The van der Waals surface area contributed by atoms with Crippen LogP contribution in [-0.2, 0) is 19.1 Å². The van der Waals surface area contributed by atoms with Crippen molar-refractivity contribution in [3.05, 3.63) is 0 Å². The first-order valence-corrected chi connectivity index (χ1v) is 10.8. The van der Waals surface area contributed by atoms with Gasteiger partial charge in [-0.05, 0) is 37.5 Å². The van der Waals surface area contributed by atoms with Crippen LogP contribution in [0.2, 0.25) is 0 Å². The summed E-state index contributed by atoms with van der Waals surface area (Å²) in [5.41, 5.74) is 0. The molecule has 0 N–H and O–H groups in total. The summed E-state index contributed by atoms with van der Waals surface area (Å²) in [5.74, 6) is 0.872. The first kappa shape index (κ1) is 24.9. The van der Waals surface area contributed by atoms with E-state index in [4.69, 9.17) is 9.47 Å². The van der Waals surface area contributed by atoms with E-state index in [0.717, 1.165) is 32.1 Å². The van der Waals surface area contributed by atoms with E-state index < -0.39 is 0 Å². The number of carbonyl (C=O) groups is 2. The predicted octanol–water partition coefficient (Wildman–Crippen LogP) is 6.07. The largest absolute Gasteiger partial charge is 0.466 e. The fourth-order valence-corrected chi connectivity index (χ4v) is 3.01. The third kappa shape index (κ3) is 15.2. The van der Waals surface area contributed by atoms with Gasteiger partial charge in [0.1, 0.15) is 0 Å². The molecule has 0 aromatic rings. The molecule has 0 saturated heterocycles. The van der Waals surface area contributed by atoms with Crippen molar-refractivity contribution in [1.29, 1.82) is 0 Å². The molecule has 4 heteroatoms. The molecule has 1 atom stereocenters. The number of esters is 2. The Labute approximate surface area is 161 Å². The van der Waals surface area contributed by atoms with Crippen LogP contribution in [0.25, 0.3) is 0 Å². The van der Waals surface area contributed by atoms with Gasteiger partial charge >= 0.3 is 11.9 Å². The zero-order valence-electron chi connectivity index (χ0n) is 17.7. The normalized spacial score (nSPS) is 12.2. The van der Waals surface area contributed by atoms with E-state index in [-0.39, 0.29) is 11.9 Å². The van der Waals surface area contributed by atoms with Crippen LogP contribution >= 0.6 is 0 Å². The molecule has 0 fully saturated rings. The molecule has 0 aliphatic heterocycles. The lowest BCUT2D eigenvalue weighted by molar-refractivity contribution is -0.145. The van der Waals surface area contributed by atoms with E-state index in [1.807, 2.05) is 13.8 Å². The van der Waals surface area contributed by atoms with Crippen LogP contribution in [0.3, 0.4) is 0 Å². The van der Waals surface area contributed by atoms with Crippen LogP contribution in [0.4, 0.5) is 0 Å². The van der Waals surface area contributed by atoms with Gasteiger partial charge in [0.2, 0.25) is 0 Å². The highest BCUT2D eigenvalue weighted by molar-refractivity contribution is 5.69. The topological polar surface area (TPSA) is 52.6 Å². The summed E-state index contributed by atoms with van der Waals surface area (Å²) < 4.78 is 10.3. The molecule has 0 rings (SSSR count). The van der Waals surface area contributed by atoms with Crippen molar-refractivity contribution >= 4 is 11.9 Å². The minimum absolute atomic E-state index is 0.0389. The number of hydrogen-bond acceptors (Lipinski definition) is 4. The predicted molar refractivity (Wildman–Crippen MR) is 107 cm³/mol. The lowest BCUT2D eigenvalue weighted by Crippen LogP contribution is -2.16. The number of unbranched alkanes of at least 4 members (excludes halogenated alkanes) is 6. The van der Waals surface area contributed by atoms with Crippen LogP contribution in [0.5, 0.6) is 0 Å². The van der Waals surface area contributed by atoms with Gasteiger partial charge in [0.05, 0.1) is 13.2 Å². The fourth-order valence-electron chi connectivity index (χ4n) is 3.01. The maximum Gasteiger partial charge on any atom is 0.306 e. The van der Waals surface area contributed by atoms with Crippen LogP contribution in [0.15, 0.2) is 0 Å². The van der Waals surface area contributed by atoms with Crippen LogP contribution in [0, 0.1) is 11.8 Å². The minimum atomic E-state index is -0.0518. The Balaban J connectivity index is 3.61. The standard InChI is InChI=1S/C22H42O4/c1-5-16-25-21(23)15-13-11-9-7-8-10-12-14-20(19(3)4)18-22(24)26-17-6-2/h19-20H,5-18H2,1-4H3. The van der Waals surface area contributed by atoms with E-state index in [9.17, 15) is 9.59 Å². The molecule has 0 aliphatic carbocycles. The van der Waals surface area contributed by atoms with E-state index >= 15 is 0 Å². The average Bonchev–Trinajstić information content (AvgIpc) is 2.61. The molecule has 0 bridgehead atoms. The van der Waals surface area contributed by atoms with Gasteiger partial charge in [0.25, 0.3) is 0 Å². The van der Waals surface area contributed by atoms with Crippen molar-refractivity contribution in [1.82, 2.24) is 0 Å². The Morgan fingerprint density at radius 1 is 0.731 bits per heavy atom. The molecule has 0 spiro atoms. The van der Waals surface area contributed by atoms with Gasteiger partial charge in [-0.25, -0.2) is 0 Å².